The van der Waals surface area contributed by atoms with E-state index in [1.54, 1.807) is 0 Å². The molecular formula is C49H96O12S. The van der Waals surface area contributed by atoms with E-state index in [0.29, 0.717) is 6.61 Å². The van der Waals surface area contributed by atoms with E-state index >= 15 is 0 Å². The highest BCUT2D eigenvalue weighted by atomic mass is 32.2. The van der Waals surface area contributed by atoms with Gasteiger partial charge in [-0.2, -0.15) is 11.8 Å². The maximum Gasteiger partial charge on any atom is 0.187 e. The second-order valence-corrected chi connectivity index (χ2v) is 19.4. The molecule has 12 nitrogen and oxygen atoms in total. The third-order valence-corrected chi connectivity index (χ3v) is 13.9. The average Bonchev–Trinajstić information content (AvgIpc) is 3.27. The van der Waals surface area contributed by atoms with Gasteiger partial charge in [-0.05, 0) is 31.3 Å². The number of aliphatic hydroxyl groups is 7. The van der Waals surface area contributed by atoms with Crippen molar-refractivity contribution in [3.05, 3.63) is 0 Å². The minimum Gasteiger partial charge on any atom is -0.394 e. The third kappa shape index (κ3) is 25.7. The topological polar surface area (TPSA) is 188 Å². The van der Waals surface area contributed by atoms with Crippen molar-refractivity contribution >= 4 is 11.8 Å². The number of unbranched alkanes of at least 4 members (excludes halogenated alkanes) is 28. The molecule has 0 bridgehead atoms. The Bertz CT molecular complexity index is 981. The Morgan fingerprint density at radius 1 is 0.452 bits per heavy atom. The van der Waals surface area contributed by atoms with E-state index in [2.05, 4.69) is 6.92 Å². The third-order valence-electron chi connectivity index (χ3n) is 12.8. The highest BCUT2D eigenvalue weighted by Crippen LogP contribution is 2.30. The van der Waals surface area contributed by atoms with Crippen LogP contribution in [-0.2, 0) is 23.7 Å². The number of aliphatic hydroxyl groups excluding tert-OH is 7. The van der Waals surface area contributed by atoms with Gasteiger partial charge in [0, 0.05) is 6.61 Å². The zero-order valence-electron chi connectivity index (χ0n) is 39.4. The largest absolute Gasteiger partial charge is 0.394 e. The van der Waals surface area contributed by atoms with E-state index in [1.807, 2.05) is 18.7 Å². The van der Waals surface area contributed by atoms with Crippen LogP contribution in [0.1, 0.15) is 206 Å². The predicted octanol–water partition coefficient (Wildman–Crippen LogP) is 8.49. The van der Waals surface area contributed by atoms with E-state index in [4.69, 9.17) is 23.7 Å². The Balaban J connectivity index is 1.38. The molecule has 370 valence electrons. The standard InChI is InChI=1S/C49H96O12S/c1-3-5-6-7-8-9-10-11-12-13-14-15-16-17-18-19-20-21-22-23-24-25-26-27-28-29-30-31-32-34-62-35-33-39(57-4-2)38-58-48-46(56)44(54)47(41(37-51)60-48)61-49-45(55)43(53)42(52)40(36-50)59-49/h39-56H,3-38H2,1-2H3/t39?,40?,41?,42-,43-,44+,45?,46?,47+,48+,49-/m0/s1. The smallest absolute Gasteiger partial charge is 0.187 e. The van der Waals surface area contributed by atoms with Gasteiger partial charge in [0.05, 0.1) is 25.9 Å². The first-order valence-corrected chi connectivity index (χ1v) is 26.8. The molecule has 2 aliphatic rings. The summed E-state index contributed by atoms with van der Waals surface area (Å²) in [6.07, 6.45) is 26.5. The molecule has 7 N–H and O–H groups in total. The van der Waals surface area contributed by atoms with Crippen LogP contribution in [0.15, 0.2) is 0 Å². The zero-order valence-corrected chi connectivity index (χ0v) is 40.2. The van der Waals surface area contributed by atoms with Crippen LogP contribution < -0.4 is 0 Å². The molecule has 2 fully saturated rings. The van der Waals surface area contributed by atoms with Crippen molar-refractivity contribution in [1.29, 1.82) is 0 Å². The molecule has 2 rings (SSSR count). The molecule has 0 aliphatic carbocycles. The van der Waals surface area contributed by atoms with Crippen LogP contribution in [0.25, 0.3) is 0 Å². The fourth-order valence-corrected chi connectivity index (χ4v) is 9.75. The summed E-state index contributed by atoms with van der Waals surface area (Å²) in [5.41, 5.74) is 0. The lowest BCUT2D eigenvalue weighted by Crippen LogP contribution is -2.64. The molecule has 5 unspecified atom stereocenters. The van der Waals surface area contributed by atoms with Crippen molar-refractivity contribution in [3.63, 3.8) is 0 Å². The Labute approximate surface area is 381 Å². The molecule has 13 heteroatoms. The van der Waals surface area contributed by atoms with Gasteiger partial charge in [0.1, 0.15) is 48.8 Å². The van der Waals surface area contributed by atoms with Gasteiger partial charge in [-0.3, -0.25) is 0 Å². The Hall–Kier alpha value is -0.130. The van der Waals surface area contributed by atoms with Gasteiger partial charge in [-0.1, -0.05) is 187 Å². The van der Waals surface area contributed by atoms with E-state index in [1.165, 1.54) is 186 Å². The fourth-order valence-electron chi connectivity index (χ4n) is 8.71. The molecule has 11 atom stereocenters. The van der Waals surface area contributed by atoms with Crippen molar-refractivity contribution in [3.8, 4) is 0 Å². The molecular weight excluding hydrogens is 813 g/mol. The SMILES string of the molecule is CCCCCCCCCCCCCCCCCCCCCCCCCCCCCCCSCCC(CO[C@@H]1OC(CO)[C@@H](O[C@@H]2OC(CO)[C@H](O)[C@H](O)C2O)[C@H](O)C1O)OCC. The summed E-state index contributed by atoms with van der Waals surface area (Å²) >= 11 is 1.90. The number of rotatable bonds is 42. The number of hydrogen-bond acceptors (Lipinski definition) is 13. The fraction of sp³-hybridized carbons (Fsp3) is 1.00. The minimum absolute atomic E-state index is 0.110. The lowest BCUT2D eigenvalue weighted by Gasteiger charge is -2.46. The number of hydrogen-bond donors (Lipinski definition) is 7. The molecule has 2 aliphatic heterocycles. The van der Waals surface area contributed by atoms with Crippen molar-refractivity contribution in [1.82, 2.24) is 0 Å². The highest BCUT2D eigenvalue weighted by Gasteiger charge is 2.50. The molecule has 2 heterocycles. The summed E-state index contributed by atoms with van der Waals surface area (Å²) in [5.74, 6) is 2.00. The maximum atomic E-state index is 10.9. The summed E-state index contributed by atoms with van der Waals surface area (Å²) in [6.45, 7) is 3.53. The minimum atomic E-state index is -1.72. The second-order valence-electron chi connectivity index (χ2n) is 18.2. The lowest BCUT2D eigenvalue weighted by molar-refractivity contribution is -0.360. The predicted molar refractivity (Wildman–Crippen MR) is 249 cm³/mol. The Morgan fingerprint density at radius 3 is 1.27 bits per heavy atom. The first-order valence-electron chi connectivity index (χ1n) is 25.7. The monoisotopic (exact) mass is 909 g/mol. The summed E-state index contributed by atoms with van der Waals surface area (Å²) in [6, 6.07) is 0. The van der Waals surface area contributed by atoms with Crippen molar-refractivity contribution in [2.75, 3.05) is 37.9 Å². The summed E-state index contributed by atoms with van der Waals surface area (Å²) < 4.78 is 28.4. The highest BCUT2D eigenvalue weighted by molar-refractivity contribution is 7.99. The van der Waals surface area contributed by atoms with Gasteiger partial charge in [0.15, 0.2) is 12.6 Å². The molecule has 0 aromatic rings. The molecule has 62 heavy (non-hydrogen) atoms. The van der Waals surface area contributed by atoms with E-state index in [0.717, 1.165) is 17.9 Å². The normalized spacial score (nSPS) is 27.2. The first-order chi connectivity index (χ1) is 30.3. The van der Waals surface area contributed by atoms with E-state index in [9.17, 15) is 35.7 Å². The number of thioether (sulfide) groups is 1. The van der Waals surface area contributed by atoms with Crippen LogP contribution in [0.5, 0.6) is 0 Å². The molecule has 0 aromatic carbocycles. The molecule has 0 amide bonds. The Morgan fingerprint density at radius 2 is 0.855 bits per heavy atom. The van der Waals surface area contributed by atoms with Gasteiger partial charge in [-0.25, -0.2) is 0 Å². The molecule has 0 saturated carbocycles. The van der Waals surface area contributed by atoms with Gasteiger partial charge in [-0.15, -0.1) is 0 Å². The van der Waals surface area contributed by atoms with E-state index in [-0.39, 0.29) is 12.7 Å². The molecule has 2 saturated heterocycles. The quantitative estimate of drug-likeness (QED) is 0.0289. The van der Waals surface area contributed by atoms with Gasteiger partial charge >= 0.3 is 0 Å². The van der Waals surface area contributed by atoms with Crippen LogP contribution >= 0.6 is 11.8 Å². The van der Waals surface area contributed by atoms with Crippen LogP contribution in [0.4, 0.5) is 0 Å². The lowest BCUT2D eigenvalue weighted by atomic mass is 9.97. The maximum absolute atomic E-state index is 10.9. The Kier molecular flexibility index (Phi) is 36.4. The average molecular weight is 909 g/mol. The molecule has 0 aromatic heterocycles. The van der Waals surface area contributed by atoms with Crippen molar-refractivity contribution in [2.24, 2.45) is 0 Å². The molecule has 0 spiro atoms. The van der Waals surface area contributed by atoms with Crippen LogP contribution in [-0.4, -0.2) is 141 Å². The zero-order chi connectivity index (χ0) is 45.0. The summed E-state index contributed by atoms with van der Waals surface area (Å²) in [7, 11) is 0. The summed E-state index contributed by atoms with van der Waals surface area (Å²) in [5, 5.41) is 71.6. The van der Waals surface area contributed by atoms with Crippen LogP contribution in [0.3, 0.4) is 0 Å². The number of ether oxygens (including phenoxy) is 5. The summed E-state index contributed by atoms with van der Waals surface area (Å²) in [4.78, 5) is 0. The molecule has 0 radical (unpaired) electrons. The second kappa shape index (κ2) is 38.9. The van der Waals surface area contributed by atoms with E-state index < -0.39 is 74.6 Å². The van der Waals surface area contributed by atoms with Gasteiger partial charge in [0.25, 0.3) is 0 Å². The van der Waals surface area contributed by atoms with Crippen LogP contribution in [0, 0.1) is 0 Å². The van der Waals surface area contributed by atoms with Gasteiger partial charge < -0.3 is 59.4 Å². The van der Waals surface area contributed by atoms with Crippen molar-refractivity contribution < 1.29 is 59.4 Å². The van der Waals surface area contributed by atoms with Crippen molar-refractivity contribution in [2.45, 2.75) is 274 Å². The van der Waals surface area contributed by atoms with Gasteiger partial charge in [0.2, 0.25) is 0 Å². The van der Waals surface area contributed by atoms with Crippen LogP contribution in [0.2, 0.25) is 0 Å². The first kappa shape index (κ1) is 58.0.